The van der Waals surface area contributed by atoms with Gasteiger partial charge in [0.15, 0.2) is 11.6 Å². The smallest absolute Gasteiger partial charge is 0.305 e. The number of hydrogen-bond acceptors (Lipinski definition) is 5. The van der Waals surface area contributed by atoms with Crippen molar-refractivity contribution in [2.24, 2.45) is 10.8 Å². The van der Waals surface area contributed by atoms with Gasteiger partial charge in [-0.05, 0) is 59.6 Å². The average Bonchev–Trinajstić information content (AvgIpc) is 2.85. The summed E-state index contributed by atoms with van der Waals surface area (Å²) in [5, 5.41) is 9.59. The Kier molecular flexibility index (Phi) is 8.11. The van der Waals surface area contributed by atoms with Gasteiger partial charge in [-0.15, -0.1) is 0 Å². The molecule has 3 aliphatic rings. The molecule has 5 rings (SSSR count). The van der Waals surface area contributed by atoms with Crippen molar-refractivity contribution in [3.05, 3.63) is 85.1 Å². The molecule has 1 heterocycles. The van der Waals surface area contributed by atoms with Crippen molar-refractivity contribution in [1.29, 1.82) is 0 Å². The molecule has 2 aliphatic carbocycles. The Morgan fingerprint density at radius 3 is 1.95 bits per heavy atom. The predicted molar refractivity (Wildman–Crippen MR) is 164 cm³/mol. The molecule has 0 spiro atoms. The van der Waals surface area contributed by atoms with E-state index in [1.165, 1.54) is 0 Å². The lowest BCUT2D eigenvalue weighted by atomic mass is 9.63. The Balaban J connectivity index is 1.70. The Labute approximate surface area is 258 Å². The summed E-state index contributed by atoms with van der Waals surface area (Å²) in [5.41, 5.74) is 4.10. The molecule has 216 valence electrons. The van der Waals surface area contributed by atoms with Gasteiger partial charge >= 0.3 is 5.97 Å². The first-order valence-corrected chi connectivity index (χ1v) is 15.5. The maximum Gasteiger partial charge on any atom is 0.305 e. The summed E-state index contributed by atoms with van der Waals surface area (Å²) in [6.45, 7) is 8.85. The maximum atomic E-state index is 14.0. The van der Waals surface area contributed by atoms with E-state index in [4.69, 9.17) is 4.74 Å². The maximum absolute atomic E-state index is 14.0. The molecule has 0 saturated heterocycles. The molecule has 2 aromatic rings. The van der Waals surface area contributed by atoms with E-state index < -0.39 is 11.9 Å². The largest absolute Gasteiger partial charge is 0.489 e. The number of carboxylic acids is 1. The molecular weight excluding hydrogens is 650 g/mol. The van der Waals surface area contributed by atoms with Crippen LogP contribution in [0.3, 0.4) is 0 Å². The third-order valence-electron chi connectivity index (χ3n) is 8.16. The zero-order chi connectivity index (χ0) is 29.7. The first-order chi connectivity index (χ1) is 19.2. The van der Waals surface area contributed by atoms with Crippen LogP contribution in [0, 0.1) is 10.8 Å². The molecule has 6 nitrogen and oxygen atoms in total. The number of allylic oxidation sites excluding steroid dienone is 4. The number of Topliss-reactive ketones (excluding diaryl/α,β-unsaturated/α-hetero) is 2. The molecule has 2 aromatic carbocycles. The molecule has 0 saturated carbocycles. The van der Waals surface area contributed by atoms with Crippen molar-refractivity contribution in [3.8, 4) is 5.75 Å². The van der Waals surface area contributed by atoms with E-state index in [2.05, 4.69) is 59.6 Å². The van der Waals surface area contributed by atoms with Crippen LogP contribution in [0.15, 0.2) is 74.0 Å². The second-order valence-electron chi connectivity index (χ2n) is 12.9. The quantitative estimate of drug-likeness (QED) is 0.319. The molecule has 41 heavy (non-hydrogen) atoms. The fraction of sp³-hybridized carbons (Fsp3) is 0.424. The standard InChI is InChI=1S/C33H35Br2NO5/c1-32(2)14-23-30(25(37)16-32)29(31-24(36(23)12-11-28(39)40)15-33(3,4)17-26(31)38)22-13-21(35)9-10-27(22)41-18-19-5-7-20(34)8-6-19/h5-10,13,29H,11-12,14-18H2,1-4H3,(H,39,40). The van der Waals surface area contributed by atoms with Gasteiger partial charge in [0.2, 0.25) is 0 Å². The molecule has 8 heteroatoms. The predicted octanol–water partition coefficient (Wildman–Crippen LogP) is 7.95. The summed E-state index contributed by atoms with van der Waals surface area (Å²) in [5.74, 6) is -0.858. The third kappa shape index (κ3) is 6.24. The van der Waals surface area contributed by atoms with E-state index in [0.717, 1.165) is 31.5 Å². The fourth-order valence-corrected chi connectivity index (χ4v) is 7.10. The molecule has 0 fully saturated rings. The van der Waals surface area contributed by atoms with Gasteiger partial charge < -0.3 is 14.7 Å². The van der Waals surface area contributed by atoms with Crippen LogP contribution < -0.4 is 4.74 Å². The number of nitrogens with zero attached hydrogens (tertiary/aromatic N) is 1. The highest BCUT2D eigenvalue weighted by molar-refractivity contribution is 9.10. The number of rotatable bonds is 7. The minimum atomic E-state index is -0.908. The number of benzene rings is 2. The Hall–Kier alpha value is -2.71. The summed E-state index contributed by atoms with van der Waals surface area (Å²) in [4.78, 5) is 41.8. The third-order valence-corrected chi connectivity index (χ3v) is 9.18. The number of aliphatic carboxylic acids is 1. The lowest BCUT2D eigenvalue weighted by Gasteiger charge is -2.49. The number of ether oxygens (including phenoxy) is 1. The minimum absolute atomic E-state index is 0.00425. The van der Waals surface area contributed by atoms with Gasteiger partial charge in [0.25, 0.3) is 0 Å². The number of carbonyl (C=O) groups is 3. The van der Waals surface area contributed by atoms with Crippen LogP contribution in [0.4, 0.5) is 0 Å². The Morgan fingerprint density at radius 1 is 0.878 bits per heavy atom. The second-order valence-corrected chi connectivity index (χ2v) is 14.8. The summed E-state index contributed by atoms with van der Waals surface area (Å²) in [6.07, 6.45) is 1.89. The van der Waals surface area contributed by atoms with Crippen LogP contribution in [-0.4, -0.2) is 34.1 Å². The molecule has 0 radical (unpaired) electrons. The number of ketones is 2. The van der Waals surface area contributed by atoms with Gasteiger partial charge in [0.05, 0.1) is 6.42 Å². The van der Waals surface area contributed by atoms with E-state index in [1.54, 1.807) is 0 Å². The van der Waals surface area contributed by atoms with Crippen molar-refractivity contribution in [2.45, 2.75) is 72.3 Å². The zero-order valence-electron chi connectivity index (χ0n) is 23.9. The van der Waals surface area contributed by atoms with Crippen molar-refractivity contribution < 1.29 is 24.2 Å². The van der Waals surface area contributed by atoms with Gasteiger partial charge in [0.1, 0.15) is 12.4 Å². The van der Waals surface area contributed by atoms with E-state index in [9.17, 15) is 19.5 Å². The highest BCUT2D eigenvalue weighted by Gasteiger charge is 2.49. The number of carboxylic acid groups (broad SMARTS) is 1. The van der Waals surface area contributed by atoms with Crippen molar-refractivity contribution >= 4 is 49.4 Å². The van der Waals surface area contributed by atoms with Gasteiger partial charge in [-0.3, -0.25) is 14.4 Å². The minimum Gasteiger partial charge on any atom is -0.489 e. The van der Waals surface area contributed by atoms with E-state index in [-0.39, 0.29) is 35.4 Å². The summed E-state index contributed by atoms with van der Waals surface area (Å²) < 4.78 is 8.20. The van der Waals surface area contributed by atoms with E-state index in [0.29, 0.717) is 49.2 Å². The number of halogens is 2. The Morgan fingerprint density at radius 2 is 1.41 bits per heavy atom. The molecule has 0 bridgehead atoms. The zero-order valence-corrected chi connectivity index (χ0v) is 27.0. The Bertz CT molecular complexity index is 1430. The second kappa shape index (κ2) is 11.2. The van der Waals surface area contributed by atoms with Gasteiger partial charge in [0, 0.05) is 62.4 Å². The lowest BCUT2D eigenvalue weighted by molar-refractivity contribution is -0.137. The molecule has 0 atom stereocenters. The van der Waals surface area contributed by atoms with Crippen molar-refractivity contribution in [1.82, 2.24) is 4.90 Å². The summed E-state index contributed by atoms with van der Waals surface area (Å²) in [6, 6.07) is 13.7. The topological polar surface area (TPSA) is 83.9 Å². The fourth-order valence-electron chi connectivity index (χ4n) is 6.45. The van der Waals surface area contributed by atoms with Crippen molar-refractivity contribution in [2.75, 3.05) is 6.54 Å². The summed E-state index contributed by atoms with van der Waals surface area (Å²) in [7, 11) is 0. The molecular formula is C33H35Br2NO5. The monoisotopic (exact) mass is 683 g/mol. The molecule has 0 unspecified atom stereocenters. The lowest BCUT2D eigenvalue weighted by Crippen LogP contribution is -2.45. The van der Waals surface area contributed by atoms with Crippen LogP contribution >= 0.6 is 31.9 Å². The van der Waals surface area contributed by atoms with Crippen LogP contribution in [-0.2, 0) is 21.0 Å². The van der Waals surface area contributed by atoms with Crippen LogP contribution in [0.2, 0.25) is 0 Å². The molecule has 1 N–H and O–H groups in total. The number of carbonyl (C=O) groups excluding carboxylic acids is 2. The van der Waals surface area contributed by atoms with Gasteiger partial charge in [-0.2, -0.15) is 0 Å². The average molecular weight is 685 g/mol. The first kappa shape index (κ1) is 29.8. The van der Waals surface area contributed by atoms with Gasteiger partial charge in [-0.25, -0.2) is 0 Å². The number of hydrogen-bond donors (Lipinski definition) is 1. The normalized spacial score (nSPS) is 20.2. The van der Waals surface area contributed by atoms with Gasteiger partial charge in [-0.1, -0.05) is 71.7 Å². The molecule has 1 aliphatic heterocycles. The first-order valence-electron chi connectivity index (χ1n) is 13.9. The highest BCUT2D eigenvalue weighted by Crippen LogP contribution is 2.55. The van der Waals surface area contributed by atoms with Crippen molar-refractivity contribution in [3.63, 3.8) is 0 Å². The van der Waals surface area contributed by atoms with Crippen LogP contribution in [0.1, 0.15) is 76.8 Å². The summed E-state index contributed by atoms with van der Waals surface area (Å²) >= 11 is 7.10. The van der Waals surface area contributed by atoms with Crippen LogP contribution in [0.25, 0.3) is 0 Å². The SMILES string of the molecule is CC1(C)CC(=O)C2=C(C1)N(CCC(=O)O)C1=C(C(=O)CC(C)(C)C1)C2c1cc(Br)ccc1OCc1ccc(Br)cc1. The highest BCUT2D eigenvalue weighted by atomic mass is 79.9. The van der Waals surface area contributed by atoms with Crippen LogP contribution in [0.5, 0.6) is 5.75 Å². The molecule has 0 amide bonds. The van der Waals surface area contributed by atoms with E-state index in [1.807, 2.05) is 47.4 Å². The molecule has 0 aromatic heterocycles. The van der Waals surface area contributed by atoms with E-state index >= 15 is 0 Å².